The molecule has 0 radical (unpaired) electrons. The molecule has 1 atom stereocenters. The van der Waals surface area contributed by atoms with Gasteiger partial charge in [-0.2, -0.15) is 0 Å². The second-order valence-corrected chi connectivity index (χ2v) is 4.57. The summed E-state index contributed by atoms with van der Waals surface area (Å²) in [5.41, 5.74) is 1.26. The first-order chi connectivity index (χ1) is 7.81. The summed E-state index contributed by atoms with van der Waals surface area (Å²) in [5, 5.41) is 3.27. The molecule has 2 rings (SSSR count). The lowest BCUT2D eigenvalue weighted by Crippen LogP contribution is -2.17. The molecule has 1 aliphatic carbocycles. The van der Waals surface area contributed by atoms with Crippen molar-refractivity contribution in [2.45, 2.75) is 44.8 Å². The normalized spacial score (nSPS) is 18.6. The van der Waals surface area contributed by atoms with Gasteiger partial charge in [-0.25, -0.2) is 0 Å². The summed E-state index contributed by atoms with van der Waals surface area (Å²) >= 11 is 0. The van der Waals surface area contributed by atoms with Gasteiger partial charge < -0.3 is 10.1 Å². The van der Waals surface area contributed by atoms with E-state index in [-0.39, 0.29) is 0 Å². The third-order valence-electron chi connectivity index (χ3n) is 3.41. The Hall–Kier alpha value is -1.02. The van der Waals surface area contributed by atoms with Crippen LogP contribution in [0.3, 0.4) is 0 Å². The Morgan fingerprint density at radius 3 is 2.62 bits per heavy atom. The quantitative estimate of drug-likeness (QED) is 0.839. The summed E-state index contributed by atoms with van der Waals surface area (Å²) in [5.74, 6) is 1.05. The van der Waals surface area contributed by atoms with E-state index in [4.69, 9.17) is 4.74 Å². The molecule has 0 aromatic heterocycles. The Bertz CT molecular complexity index is 331. The van der Waals surface area contributed by atoms with E-state index in [0.717, 1.165) is 5.75 Å². The van der Waals surface area contributed by atoms with Crippen molar-refractivity contribution in [1.29, 1.82) is 0 Å². The highest BCUT2D eigenvalue weighted by atomic mass is 16.5. The maximum absolute atomic E-state index is 6.09. The molecule has 1 unspecified atom stereocenters. The zero-order valence-corrected chi connectivity index (χ0v) is 10.2. The Morgan fingerprint density at radius 1 is 1.25 bits per heavy atom. The van der Waals surface area contributed by atoms with Gasteiger partial charge in [0.25, 0.3) is 0 Å². The van der Waals surface area contributed by atoms with Gasteiger partial charge in [0.05, 0.1) is 6.10 Å². The molecule has 2 heteroatoms. The molecular weight excluding hydrogens is 198 g/mol. The third-order valence-corrected chi connectivity index (χ3v) is 3.41. The van der Waals surface area contributed by atoms with Gasteiger partial charge in [-0.1, -0.05) is 18.2 Å². The highest BCUT2D eigenvalue weighted by Gasteiger charge is 2.18. The number of hydrogen-bond acceptors (Lipinski definition) is 2. The average Bonchev–Trinajstić information content (AvgIpc) is 2.82. The molecule has 1 aliphatic rings. The largest absolute Gasteiger partial charge is 0.490 e. The van der Waals surface area contributed by atoms with Crippen LogP contribution in [0.2, 0.25) is 0 Å². The Kier molecular flexibility index (Phi) is 3.83. The molecule has 0 aliphatic heterocycles. The number of hydrogen-bond donors (Lipinski definition) is 1. The van der Waals surface area contributed by atoms with Gasteiger partial charge in [0, 0.05) is 11.6 Å². The Morgan fingerprint density at radius 2 is 1.94 bits per heavy atom. The predicted molar refractivity (Wildman–Crippen MR) is 66.8 cm³/mol. The van der Waals surface area contributed by atoms with Gasteiger partial charge in [0.2, 0.25) is 0 Å². The summed E-state index contributed by atoms with van der Waals surface area (Å²) in [6.45, 7) is 2.16. The first kappa shape index (κ1) is 11.5. The van der Waals surface area contributed by atoms with Crippen molar-refractivity contribution < 1.29 is 4.74 Å². The first-order valence-electron chi connectivity index (χ1n) is 6.24. The zero-order valence-electron chi connectivity index (χ0n) is 10.2. The SMILES string of the molecule is CNC(C)c1ccccc1OC1CCCC1. The monoisotopic (exact) mass is 219 g/mol. The smallest absolute Gasteiger partial charge is 0.124 e. The van der Waals surface area contributed by atoms with E-state index in [1.807, 2.05) is 7.05 Å². The minimum atomic E-state index is 0.345. The molecular formula is C14H21NO. The molecule has 16 heavy (non-hydrogen) atoms. The number of nitrogens with one attached hydrogen (secondary N) is 1. The Balaban J connectivity index is 2.12. The molecule has 1 fully saturated rings. The predicted octanol–water partition coefficient (Wildman–Crippen LogP) is 3.29. The molecule has 0 spiro atoms. The van der Waals surface area contributed by atoms with Gasteiger partial charge in [-0.3, -0.25) is 0 Å². The van der Waals surface area contributed by atoms with E-state index in [1.165, 1.54) is 31.2 Å². The van der Waals surface area contributed by atoms with Crippen LogP contribution in [0.1, 0.15) is 44.2 Å². The molecule has 1 aromatic carbocycles. The van der Waals surface area contributed by atoms with Crippen molar-refractivity contribution in [3.05, 3.63) is 29.8 Å². The molecule has 88 valence electrons. The van der Waals surface area contributed by atoms with Crippen LogP contribution >= 0.6 is 0 Å². The van der Waals surface area contributed by atoms with Crippen LogP contribution in [0.25, 0.3) is 0 Å². The van der Waals surface area contributed by atoms with Crippen molar-refractivity contribution in [2.75, 3.05) is 7.05 Å². The maximum atomic E-state index is 6.09. The topological polar surface area (TPSA) is 21.3 Å². The molecule has 0 heterocycles. The highest BCUT2D eigenvalue weighted by Crippen LogP contribution is 2.29. The van der Waals surface area contributed by atoms with E-state index < -0.39 is 0 Å². The number of rotatable bonds is 4. The molecule has 2 nitrogen and oxygen atoms in total. The maximum Gasteiger partial charge on any atom is 0.124 e. The summed E-state index contributed by atoms with van der Waals surface area (Å²) in [6.07, 6.45) is 5.48. The number of ether oxygens (including phenoxy) is 1. The lowest BCUT2D eigenvalue weighted by molar-refractivity contribution is 0.206. The van der Waals surface area contributed by atoms with Crippen LogP contribution in [-0.4, -0.2) is 13.2 Å². The number of benzene rings is 1. The van der Waals surface area contributed by atoms with Gasteiger partial charge in [-0.05, 0) is 45.7 Å². The van der Waals surface area contributed by atoms with Gasteiger partial charge in [0.15, 0.2) is 0 Å². The zero-order chi connectivity index (χ0) is 11.4. The van der Waals surface area contributed by atoms with Crippen LogP contribution in [0.4, 0.5) is 0 Å². The minimum Gasteiger partial charge on any atom is -0.490 e. The van der Waals surface area contributed by atoms with Gasteiger partial charge in [0.1, 0.15) is 5.75 Å². The van der Waals surface area contributed by atoms with Crippen LogP contribution < -0.4 is 10.1 Å². The molecule has 1 saturated carbocycles. The van der Waals surface area contributed by atoms with Gasteiger partial charge >= 0.3 is 0 Å². The van der Waals surface area contributed by atoms with Crippen LogP contribution in [0.5, 0.6) is 5.75 Å². The fourth-order valence-electron chi connectivity index (χ4n) is 2.29. The van der Waals surface area contributed by atoms with Crippen LogP contribution in [0, 0.1) is 0 Å². The fraction of sp³-hybridized carbons (Fsp3) is 0.571. The van der Waals surface area contributed by atoms with Crippen LogP contribution in [-0.2, 0) is 0 Å². The fourth-order valence-corrected chi connectivity index (χ4v) is 2.29. The third kappa shape index (κ3) is 2.56. The first-order valence-corrected chi connectivity index (χ1v) is 6.24. The van der Waals surface area contributed by atoms with E-state index in [2.05, 4.69) is 36.5 Å². The molecule has 1 aromatic rings. The van der Waals surface area contributed by atoms with Crippen molar-refractivity contribution >= 4 is 0 Å². The molecule has 0 bridgehead atoms. The highest BCUT2D eigenvalue weighted by molar-refractivity contribution is 5.35. The molecule has 0 saturated heterocycles. The molecule has 1 N–H and O–H groups in total. The Labute approximate surface area is 98.0 Å². The molecule has 0 amide bonds. The lowest BCUT2D eigenvalue weighted by Gasteiger charge is -2.19. The van der Waals surface area contributed by atoms with E-state index in [9.17, 15) is 0 Å². The minimum absolute atomic E-state index is 0.345. The van der Waals surface area contributed by atoms with E-state index in [0.29, 0.717) is 12.1 Å². The number of para-hydroxylation sites is 1. The standard InChI is InChI=1S/C14H21NO/c1-11(15-2)13-9-5-6-10-14(13)16-12-7-3-4-8-12/h5-6,9-12,15H,3-4,7-8H2,1-2H3. The van der Waals surface area contributed by atoms with E-state index in [1.54, 1.807) is 0 Å². The van der Waals surface area contributed by atoms with Gasteiger partial charge in [-0.15, -0.1) is 0 Å². The van der Waals surface area contributed by atoms with Crippen molar-refractivity contribution in [2.24, 2.45) is 0 Å². The van der Waals surface area contributed by atoms with E-state index >= 15 is 0 Å². The second-order valence-electron chi connectivity index (χ2n) is 4.57. The van der Waals surface area contributed by atoms with Crippen molar-refractivity contribution in [3.8, 4) is 5.75 Å². The summed E-state index contributed by atoms with van der Waals surface area (Å²) in [4.78, 5) is 0. The summed E-state index contributed by atoms with van der Waals surface area (Å²) in [6, 6.07) is 8.70. The van der Waals surface area contributed by atoms with Crippen molar-refractivity contribution in [3.63, 3.8) is 0 Å². The average molecular weight is 219 g/mol. The summed E-state index contributed by atoms with van der Waals surface area (Å²) < 4.78 is 6.09. The second kappa shape index (κ2) is 5.35. The van der Waals surface area contributed by atoms with Crippen molar-refractivity contribution in [1.82, 2.24) is 5.32 Å². The summed E-state index contributed by atoms with van der Waals surface area (Å²) in [7, 11) is 1.98. The lowest BCUT2D eigenvalue weighted by atomic mass is 10.1. The van der Waals surface area contributed by atoms with Crippen LogP contribution in [0.15, 0.2) is 24.3 Å².